The van der Waals surface area contributed by atoms with Gasteiger partial charge in [0.15, 0.2) is 0 Å². The normalized spacial score (nSPS) is 19.0. The number of rotatable bonds is 13. The lowest BCUT2D eigenvalue weighted by atomic mass is 10.0. The molecule has 1 heterocycles. The van der Waals surface area contributed by atoms with E-state index in [1.165, 1.54) is 16.7 Å². The molecule has 1 fully saturated rings. The topological polar surface area (TPSA) is 142 Å². The number of nitrogens with zero attached hydrogens (tertiary/aromatic N) is 1. The smallest absolute Gasteiger partial charge is 0.326 e. The molecule has 1 rings (SSSR count). The number of carboxylic acids is 1. The molecule has 0 spiro atoms. The number of carbonyl (C=O) groups excluding carboxylic acids is 3. The predicted molar refractivity (Wildman–Crippen MR) is 125 cm³/mol. The average molecular weight is 477 g/mol. The van der Waals surface area contributed by atoms with Crippen molar-refractivity contribution in [1.29, 1.82) is 0 Å². The summed E-state index contributed by atoms with van der Waals surface area (Å²) in [5.74, 6) is -1.15. The SMILES string of the molecule is CSCCC(N)C(=O)NC(C(=O)NC(CCSC)C(=O)N1CCCC1C(=O)O)C(C)C. The molecule has 3 amide bonds. The summed E-state index contributed by atoms with van der Waals surface area (Å²) in [6.07, 6.45) is 5.72. The molecule has 0 aromatic carbocycles. The lowest BCUT2D eigenvalue weighted by Crippen LogP contribution is -2.58. The van der Waals surface area contributed by atoms with Crippen molar-refractivity contribution >= 4 is 47.2 Å². The first-order valence-electron chi connectivity index (χ1n) is 10.5. The van der Waals surface area contributed by atoms with Gasteiger partial charge in [0.25, 0.3) is 0 Å². The first-order chi connectivity index (χ1) is 14.6. The second-order valence-electron chi connectivity index (χ2n) is 7.99. The molecule has 0 saturated carbocycles. The summed E-state index contributed by atoms with van der Waals surface area (Å²) in [7, 11) is 0. The Morgan fingerprint density at radius 2 is 1.68 bits per heavy atom. The Balaban J connectivity index is 2.90. The third-order valence-corrected chi connectivity index (χ3v) is 6.55. The quantitative estimate of drug-likeness (QED) is 0.301. The van der Waals surface area contributed by atoms with Crippen LogP contribution in [0, 0.1) is 5.92 Å². The van der Waals surface area contributed by atoms with Crippen LogP contribution in [0.25, 0.3) is 0 Å². The molecule has 9 nitrogen and oxygen atoms in total. The van der Waals surface area contributed by atoms with Crippen molar-refractivity contribution in [2.24, 2.45) is 11.7 Å². The van der Waals surface area contributed by atoms with Crippen molar-refractivity contribution in [3.05, 3.63) is 0 Å². The van der Waals surface area contributed by atoms with E-state index in [1.54, 1.807) is 25.6 Å². The van der Waals surface area contributed by atoms with Crippen molar-refractivity contribution in [3.63, 3.8) is 0 Å². The second kappa shape index (κ2) is 13.8. The second-order valence-corrected chi connectivity index (χ2v) is 9.96. The molecule has 1 saturated heterocycles. The molecular formula is C20H36N4O5S2. The molecule has 0 aromatic rings. The zero-order valence-electron chi connectivity index (χ0n) is 18.8. The number of thioether (sulfide) groups is 2. The molecule has 4 unspecified atom stereocenters. The van der Waals surface area contributed by atoms with E-state index in [9.17, 15) is 24.3 Å². The summed E-state index contributed by atoms with van der Waals surface area (Å²) in [6, 6.07) is -3.26. The molecule has 31 heavy (non-hydrogen) atoms. The van der Waals surface area contributed by atoms with Crippen LogP contribution in [0.3, 0.4) is 0 Å². The Hall–Kier alpha value is -1.46. The standard InChI is InChI=1S/C20H36N4O5S2/c1-12(2)16(23-17(25)13(21)7-10-30-3)18(26)22-14(8-11-31-4)19(27)24-9-5-6-15(24)20(28)29/h12-16H,5-11,21H2,1-4H3,(H,22,26)(H,23,25)(H,28,29). The average Bonchev–Trinajstić information content (AvgIpc) is 3.22. The maximum Gasteiger partial charge on any atom is 0.326 e. The molecule has 4 atom stereocenters. The first-order valence-corrected chi connectivity index (χ1v) is 13.3. The number of carbonyl (C=O) groups is 4. The highest BCUT2D eigenvalue weighted by Gasteiger charge is 2.38. The van der Waals surface area contributed by atoms with Gasteiger partial charge in [0, 0.05) is 6.54 Å². The van der Waals surface area contributed by atoms with Gasteiger partial charge in [-0.3, -0.25) is 14.4 Å². The highest BCUT2D eigenvalue weighted by Crippen LogP contribution is 2.20. The van der Waals surface area contributed by atoms with E-state index < -0.39 is 47.9 Å². The number of likely N-dealkylation sites (tertiary alicyclic amines) is 1. The fourth-order valence-corrected chi connectivity index (χ4v) is 4.37. The van der Waals surface area contributed by atoms with E-state index in [0.29, 0.717) is 38.0 Å². The lowest BCUT2D eigenvalue weighted by molar-refractivity contribution is -0.149. The van der Waals surface area contributed by atoms with E-state index in [2.05, 4.69) is 10.6 Å². The van der Waals surface area contributed by atoms with Crippen LogP contribution in [-0.4, -0.2) is 88.4 Å². The molecule has 1 aliphatic rings. The third-order valence-electron chi connectivity index (χ3n) is 5.26. The highest BCUT2D eigenvalue weighted by molar-refractivity contribution is 7.98. The minimum atomic E-state index is -1.03. The number of nitrogens with two attached hydrogens (primary N) is 1. The van der Waals surface area contributed by atoms with Crippen LogP contribution in [0.15, 0.2) is 0 Å². The summed E-state index contributed by atoms with van der Waals surface area (Å²) in [5.41, 5.74) is 5.92. The molecule has 1 aliphatic heterocycles. The number of hydrogen-bond donors (Lipinski definition) is 4. The summed E-state index contributed by atoms with van der Waals surface area (Å²) < 4.78 is 0. The summed E-state index contributed by atoms with van der Waals surface area (Å²) in [5, 5.41) is 14.9. The van der Waals surface area contributed by atoms with E-state index in [0.717, 1.165) is 5.75 Å². The van der Waals surface area contributed by atoms with Gasteiger partial charge in [-0.05, 0) is 55.6 Å². The Bertz CT molecular complexity index is 635. The van der Waals surface area contributed by atoms with Gasteiger partial charge in [-0.2, -0.15) is 23.5 Å². The first kappa shape index (κ1) is 27.6. The Labute approximate surface area is 193 Å². The van der Waals surface area contributed by atoms with E-state index >= 15 is 0 Å². The minimum absolute atomic E-state index is 0.216. The van der Waals surface area contributed by atoms with Crippen molar-refractivity contribution in [2.75, 3.05) is 30.6 Å². The largest absolute Gasteiger partial charge is 0.480 e. The van der Waals surface area contributed by atoms with Crippen LogP contribution in [0.1, 0.15) is 39.5 Å². The number of aliphatic carboxylic acids is 1. The zero-order valence-corrected chi connectivity index (χ0v) is 20.4. The lowest BCUT2D eigenvalue weighted by Gasteiger charge is -2.29. The van der Waals surface area contributed by atoms with Gasteiger partial charge >= 0.3 is 5.97 Å². The molecule has 0 radical (unpaired) electrons. The highest BCUT2D eigenvalue weighted by atomic mass is 32.2. The van der Waals surface area contributed by atoms with E-state index in [-0.39, 0.29) is 5.92 Å². The monoisotopic (exact) mass is 476 g/mol. The van der Waals surface area contributed by atoms with Crippen LogP contribution >= 0.6 is 23.5 Å². The predicted octanol–water partition coefficient (Wildman–Crippen LogP) is 0.521. The fraction of sp³-hybridized carbons (Fsp3) is 0.800. The van der Waals surface area contributed by atoms with Crippen molar-refractivity contribution < 1.29 is 24.3 Å². The van der Waals surface area contributed by atoms with Crippen molar-refractivity contribution in [1.82, 2.24) is 15.5 Å². The van der Waals surface area contributed by atoms with Crippen molar-refractivity contribution in [3.8, 4) is 0 Å². The number of amides is 3. The van der Waals surface area contributed by atoms with Gasteiger partial charge in [0.1, 0.15) is 18.1 Å². The maximum absolute atomic E-state index is 13.1. The maximum atomic E-state index is 13.1. The molecule has 178 valence electrons. The number of hydrogen-bond acceptors (Lipinski definition) is 7. The molecular weight excluding hydrogens is 440 g/mol. The van der Waals surface area contributed by atoms with Crippen molar-refractivity contribution in [2.45, 2.75) is 63.7 Å². The van der Waals surface area contributed by atoms with Gasteiger partial charge < -0.3 is 26.4 Å². The van der Waals surface area contributed by atoms with Gasteiger partial charge in [-0.15, -0.1) is 0 Å². The zero-order chi connectivity index (χ0) is 23.6. The molecule has 11 heteroatoms. The fourth-order valence-electron chi connectivity index (χ4n) is 3.41. The third kappa shape index (κ3) is 8.53. The molecule has 5 N–H and O–H groups in total. The molecule has 0 bridgehead atoms. The Morgan fingerprint density at radius 3 is 2.23 bits per heavy atom. The number of nitrogens with one attached hydrogen (secondary N) is 2. The van der Waals surface area contributed by atoms with Crippen LogP contribution in [0.4, 0.5) is 0 Å². The summed E-state index contributed by atoms with van der Waals surface area (Å²) >= 11 is 3.12. The van der Waals surface area contributed by atoms with Crippen LogP contribution in [-0.2, 0) is 19.2 Å². The van der Waals surface area contributed by atoms with Crippen LogP contribution in [0.5, 0.6) is 0 Å². The van der Waals surface area contributed by atoms with Gasteiger partial charge in [-0.25, -0.2) is 4.79 Å². The van der Waals surface area contributed by atoms with Crippen LogP contribution in [0.2, 0.25) is 0 Å². The summed E-state index contributed by atoms with van der Waals surface area (Å²) in [4.78, 5) is 51.3. The Kier molecular flexibility index (Phi) is 12.3. The Morgan fingerprint density at radius 1 is 1.06 bits per heavy atom. The molecule has 0 aromatic heterocycles. The number of carboxylic acid groups (broad SMARTS) is 1. The molecule has 0 aliphatic carbocycles. The summed E-state index contributed by atoms with van der Waals surface area (Å²) in [6.45, 7) is 3.96. The van der Waals surface area contributed by atoms with Gasteiger partial charge in [0.2, 0.25) is 17.7 Å². The van der Waals surface area contributed by atoms with Gasteiger partial charge in [0.05, 0.1) is 6.04 Å². The minimum Gasteiger partial charge on any atom is -0.480 e. The van der Waals surface area contributed by atoms with Gasteiger partial charge in [-0.1, -0.05) is 13.8 Å². The van der Waals surface area contributed by atoms with E-state index in [4.69, 9.17) is 5.73 Å². The van der Waals surface area contributed by atoms with Crippen LogP contribution < -0.4 is 16.4 Å². The van der Waals surface area contributed by atoms with E-state index in [1.807, 2.05) is 12.5 Å².